The molecule has 0 aromatic heterocycles. The number of hydrogen-bond acceptors (Lipinski definition) is 7. The van der Waals surface area contributed by atoms with Crippen LogP contribution in [0.5, 0.6) is 5.75 Å². The summed E-state index contributed by atoms with van der Waals surface area (Å²) < 4.78 is 57.3. The number of ether oxygens (including phenoxy) is 1. The number of nitrogens with one attached hydrogen (secondary N) is 1. The number of sulfonamides is 1. The number of benzene rings is 1. The first kappa shape index (κ1) is 22.6. The van der Waals surface area contributed by atoms with E-state index in [0.29, 0.717) is 12.2 Å². The summed E-state index contributed by atoms with van der Waals surface area (Å²) in [5, 5.41) is 2.56. The fourth-order valence-electron chi connectivity index (χ4n) is 3.09. The van der Waals surface area contributed by atoms with Gasteiger partial charge in [0.2, 0.25) is 15.9 Å². The first-order valence-electron chi connectivity index (χ1n) is 8.79. The average molecular weight is 434 g/mol. The minimum absolute atomic E-state index is 0.0330. The lowest BCUT2D eigenvalue weighted by Gasteiger charge is -2.29. The Kier molecular flexibility index (Phi) is 7.07. The summed E-state index contributed by atoms with van der Waals surface area (Å²) in [5.74, 6) is -0.438. The van der Waals surface area contributed by atoms with E-state index in [1.807, 2.05) is 19.0 Å². The molecule has 9 nitrogen and oxygen atoms in total. The topological polar surface area (TPSA) is 113 Å². The summed E-state index contributed by atoms with van der Waals surface area (Å²) in [6, 6.07) is 3.71. The van der Waals surface area contributed by atoms with E-state index in [2.05, 4.69) is 5.32 Å². The molecular formula is C17H27N3O6S2. The highest BCUT2D eigenvalue weighted by atomic mass is 32.2. The molecule has 0 radical (unpaired) electrons. The van der Waals surface area contributed by atoms with Crippen LogP contribution in [-0.2, 0) is 24.7 Å². The number of methoxy groups -OCH3 is 1. The van der Waals surface area contributed by atoms with Gasteiger partial charge in [-0.15, -0.1) is 0 Å². The maximum Gasteiger partial charge on any atom is 0.247 e. The van der Waals surface area contributed by atoms with Crippen LogP contribution in [0, 0.1) is 0 Å². The molecule has 28 heavy (non-hydrogen) atoms. The van der Waals surface area contributed by atoms with Gasteiger partial charge in [-0.05, 0) is 38.7 Å². The van der Waals surface area contributed by atoms with Crippen LogP contribution in [0.25, 0.3) is 0 Å². The van der Waals surface area contributed by atoms with Gasteiger partial charge in [-0.2, -0.15) is 4.31 Å². The van der Waals surface area contributed by atoms with Crippen LogP contribution in [0.15, 0.2) is 23.1 Å². The fourth-order valence-corrected chi connectivity index (χ4v) is 6.74. The third-order valence-electron chi connectivity index (χ3n) is 4.45. The second-order valence-electron chi connectivity index (χ2n) is 7.02. The number of rotatable bonds is 8. The van der Waals surface area contributed by atoms with Crippen LogP contribution in [0.4, 0.5) is 5.69 Å². The van der Waals surface area contributed by atoms with Crippen molar-refractivity contribution in [2.75, 3.05) is 51.1 Å². The van der Waals surface area contributed by atoms with E-state index in [0.717, 1.165) is 0 Å². The summed E-state index contributed by atoms with van der Waals surface area (Å²) in [5.41, 5.74) is 0.318. The zero-order valence-corrected chi connectivity index (χ0v) is 18.1. The van der Waals surface area contributed by atoms with E-state index in [1.165, 1.54) is 30.5 Å². The molecule has 1 heterocycles. The van der Waals surface area contributed by atoms with Crippen LogP contribution < -0.4 is 10.1 Å². The molecule has 0 saturated carbocycles. The molecule has 0 aliphatic carbocycles. The summed E-state index contributed by atoms with van der Waals surface area (Å²) in [7, 11) is -2.35. The van der Waals surface area contributed by atoms with E-state index < -0.39 is 25.9 Å². The number of hydrogen-bond donors (Lipinski definition) is 1. The highest BCUT2D eigenvalue weighted by Gasteiger charge is 2.39. The number of nitrogens with zero attached hydrogens (tertiary/aromatic N) is 2. The van der Waals surface area contributed by atoms with Gasteiger partial charge in [0.15, 0.2) is 9.84 Å². The van der Waals surface area contributed by atoms with Gasteiger partial charge in [-0.25, -0.2) is 16.8 Å². The summed E-state index contributed by atoms with van der Waals surface area (Å²) in [4.78, 5) is 13.1. The van der Waals surface area contributed by atoms with E-state index in [1.54, 1.807) is 6.07 Å². The van der Waals surface area contributed by atoms with Crippen molar-refractivity contribution in [2.45, 2.75) is 24.3 Å². The van der Waals surface area contributed by atoms with Crippen molar-refractivity contribution in [1.29, 1.82) is 0 Å². The Labute approximate surface area is 166 Å². The lowest BCUT2D eigenvalue weighted by atomic mass is 10.2. The van der Waals surface area contributed by atoms with E-state index in [-0.39, 0.29) is 41.0 Å². The standard InChI is InChI=1S/C17H27N3O6S2/c1-13(21)18-14-5-6-16(26-4)17(11-14)28(24,25)20(9-8-19(2)3)15-7-10-27(22,23)12-15/h5-6,11,15H,7-10,12H2,1-4H3,(H,18,21)/t15-/m0/s1. The fraction of sp³-hybridized carbons (Fsp3) is 0.588. The zero-order valence-electron chi connectivity index (χ0n) is 16.5. The van der Waals surface area contributed by atoms with Gasteiger partial charge in [0.05, 0.1) is 18.6 Å². The Hall–Kier alpha value is -1.69. The molecule has 1 aliphatic heterocycles. The Morgan fingerprint density at radius 3 is 2.46 bits per heavy atom. The number of carbonyl (C=O) groups excluding carboxylic acids is 1. The lowest BCUT2D eigenvalue weighted by Crippen LogP contribution is -2.44. The van der Waals surface area contributed by atoms with Crippen LogP contribution in [-0.4, -0.2) is 83.8 Å². The number of likely N-dealkylation sites (N-methyl/N-ethyl adjacent to an activating group) is 1. The Bertz CT molecular complexity index is 928. The Balaban J connectivity index is 2.50. The molecule has 1 aliphatic rings. The number of amides is 1. The van der Waals surface area contributed by atoms with Crippen LogP contribution in [0.3, 0.4) is 0 Å². The molecule has 1 aromatic rings. The van der Waals surface area contributed by atoms with Gasteiger partial charge in [-0.3, -0.25) is 4.79 Å². The lowest BCUT2D eigenvalue weighted by molar-refractivity contribution is -0.114. The third-order valence-corrected chi connectivity index (χ3v) is 8.18. The van der Waals surface area contributed by atoms with Crippen molar-refractivity contribution in [2.24, 2.45) is 0 Å². The normalized spacial score (nSPS) is 19.1. The van der Waals surface area contributed by atoms with Gasteiger partial charge in [0, 0.05) is 31.7 Å². The maximum absolute atomic E-state index is 13.5. The van der Waals surface area contributed by atoms with Gasteiger partial charge >= 0.3 is 0 Å². The van der Waals surface area contributed by atoms with E-state index in [9.17, 15) is 21.6 Å². The molecule has 0 spiro atoms. The van der Waals surface area contributed by atoms with Gasteiger partial charge in [0.25, 0.3) is 0 Å². The predicted octanol–water partition coefficient (Wildman–Crippen LogP) is 0.393. The van der Waals surface area contributed by atoms with E-state index >= 15 is 0 Å². The monoisotopic (exact) mass is 433 g/mol. The summed E-state index contributed by atoms with van der Waals surface area (Å²) in [6.45, 7) is 1.90. The van der Waals surface area contributed by atoms with Crippen molar-refractivity contribution in [3.63, 3.8) is 0 Å². The van der Waals surface area contributed by atoms with Gasteiger partial charge in [-0.1, -0.05) is 0 Å². The van der Waals surface area contributed by atoms with Crippen molar-refractivity contribution in [3.05, 3.63) is 18.2 Å². The quantitative estimate of drug-likeness (QED) is 0.631. The molecule has 0 unspecified atom stereocenters. The zero-order chi connectivity index (χ0) is 21.1. The molecule has 11 heteroatoms. The largest absolute Gasteiger partial charge is 0.495 e. The number of anilines is 1. The second-order valence-corrected chi connectivity index (χ2v) is 11.1. The number of carbonyl (C=O) groups is 1. The Morgan fingerprint density at radius 2 is 1.96 bits per heavy atom. The first-order valence-corrected chi connectivity index (χ1v) is 12.0. The molecule has 0 bridgehead atoms. The average Bonchev–Trinajstić information content (AvgIpc) is 2.93. The third kappa shape index (κ3) is 5.43. The molecule has 1 fully saturated rings. The SMILES string of the molecule is COc1ccc(NC(C)=O)cc1S(=O)(=O)N(CCN(C)C)[C@H]1CCS(=O)(=O)C1. The van der Waals surface area contributed by atoms with Crippen molar-refractivity contribution >= 4 is 31.5 Å². The molecule has 1 saturated heterocycles. The van der Waals surface area contributed by atoms with Crippen LogP contribution >= 0.6 is 0 Å². The summed E-state index contributed by atoms with van der Waals surface area (Å²) in [6.07, 6.45) is 0.253. The maximum atomic E-state index is 13.5. The molecular weight excluding hydrogens is 406 g/mol. The van der Waals surface area contributed by atoms with Crippen LogP contribution in [0.1, 0.15) is 13.3 Å². The van der Waals surface area contributed by atoms with Gasteiger partial charge in [0.1, 0.15) is 10.6 Å². The molecule has 1 amide bonds. The number of sulfone groups is 1. The first-order chi connectivity index (χ1) is 13.0. The van der Waals surface area contributed by atoms with Crippen molar-refractivity contribution in [3.8, 4) is 5.75 Å². The van der Waals surface area contributed by atoms with Crippen molar-refractivity contribution in [1.82, 2.24) is 9.21 Å². The van der Waals surface area contributed by atoms with Crippen molar-refractivity contribution < 1.29 is 26.4 Å². The second kappa shape index (κ2) is 8.76. The molecule has 2 rings (SSSR count). The summed E-state index contributed by atoms with van der Waals surface area (Å²) >= 11 is 0. The highest BCUT2D eigenvalue weighted by molar-refractivity contribution is 7.92. The van der Waals surface area contributed by atoms with Crippen LogP contribution in [0.2, 0.25) is 0 Å². The minimum atomic E-state index is -4.07. The molecule has 158 valence electrons. The highest BCUT2D eigenvalue weighted by Crippen LogP contribution is 2.32. The predicted molar refractivity (Wildman–Crippen MR) is 107 cm³/mol. The molecule has 1 N–H and O–H groups in total. The van der Waals surface area contributed by atoms with Gasteiger partial charge < -0.3 is 15.0 Å². The van der Waals surface area contributed by atoms with E-state index in [4.69, 9.17) is 4.74 Å². The smallest absolute Gasteiger partial charge is 0.247 e. The molecule has 1 aromatic carbocycles. The Morgan fingerprint density at radius 1 is 1.29 bits per heavy atom. The minimum Gasteiger partial charge on any atom is -0.495 e. The molecule has 1 atom stereocenters.